The number of carbonyl (C=O) groups excluding carboxylic acids is 3. The Kier molecular flexibility index (Phi) is 10.1. The summed E-state index contributed by atoms with van der Waals surface area (Å²) in [4.78, 5) is 35.3. The molecule has 0 aromatic heterocycles. The lowest BCUT2D eigenvalue weighted by Crippen LogP contribution is -2.13. The van der Waals surface area contributed by atoms with Crippen molar-refractivity contribution in [3.05, 3.63) is 103 Å². The third kappa shape index (κ3) is 8.37. The largest absolute Gasteiger partial charge is 0.490 e. The zero-order valence-corrected chi connectivity index (χ0v) is 22.3. The fraction of sp³-hybridized carbons (Fsp3) is 0.129. The lowest BCUT2D eigenvalue weighted by atomic mass is 10.0. The summed E-state index contributed by atoms with van der Waals surface area (Å²) in [6.45, 7) is 13.0. The van der Waals surface area contributed by atoms with Crippen molar-refractivity contribution in [1.82, 2.24) is 0 Å². The van der Waals surface area contributed by atoms with Gasteiger partial charge in [-0.15, -0.1) is 0 Å². The SMILES string of the molecule is C=CC(=O)Oc1ccc(OCCOc2c(F)cc(-c3ccc(OC(=O)C(=C)C)c(OC(=O)C(=C)C)c3)cc2F)cc1. The third-order valence-electron chi connectivity index (χ3n) is 5.18. The summed E-state index contributed by atoms with van der Waals surface area (Å²) in [5.41, 5.74) is 0.563. The van der Waals surface area contributed by atoms with Gasteiger partial charge in [-0.2, -0.15) is 0 Å². The van der Waals surface area contributed by atoms with E-state index in [1.165, 1.54) is 44.2 Å². The average molecular weight is 565 g/mol. The van der Waals surface area contributed by atoms with Gasteiger partial charge in [-0.3, -0.25) is 0 Å². The first-order valence-electron chi connectivity index (χ1n) is 12.1. The highest BCUT2D eigenvalue weighted by Gasteiger charge is 2.19. The molecule has 0 aliphatic rings. The first kappa shape index (κ1) is 30.3. The molecule has 0 amide bonds. The predicted molar refractivity (Wildman–Crippen MR) is 146 cm³/mol. The zero-order chi connectivity index (χ0) is 30.1. The quantitative estimate of drug-likeness (QED) is 0.112. The van der Waals surface area contributed by atoms with E-state index in [0.29, 0.717) is 11.5 Å². The van der Waals surface area contributed by atoms with Gasteiger partial charge in [0.05, 0.1) is 0 Å². The monoisotopic (exact) mass is 564 g/mol. The van der Waals surface area contributed by atoms with Gasteiger partial charge in [0.25, 0.3) is 0 Å². The lowest BCUT2D eigenvalue weighted by Gasteiger charge is -2.14. The molecule has 212 valence electrons. The van der Waals surface area contributed by atoms with E-state index in [-0.39, 0.29) is 47.0 Å². The van der Waals surface area contributed by atoms with Gasteiger partial charge in [0.1, 0.15) is 24.7 Å². The van der Waals surface area contributed by atoms with Gasteiger partial charge in [-0.25, -0.2) is 23.2 Å². The molecule has 0 aliphatic heterocycles. The normalized spacial score (nSPS) is 10.2. The standard InChI is InChI=1S/C31H26F2O8/c1-6-28(34)39-23-10-8-22(9-11-23)37-13-14-38-29-24(32)15-21(16-25(29)33)20-7-12-26(40-30(35)18(2)3)27(17-20)41-31(36)19(4)5/h6-12,15-17H,1-2,4,13-14H2,3,5H3. The Labute approximate surface area is 235 Å². The van der Waals surface area contributed by atoms with Crippen molar-refractivity contribution in [2.45, 2.75) is 13.8 Å². The molecule has 0 fully saturated rings. The fourth-order valence-electron chi connectivity index (χ4n) is 3.16. The Hall–Kier alpha value is -5.25. The van der Waals surface area contributed by atoms with Crippen molar-refractivity contribution in [1.29, 1.82) is 0 Å². The van der Waals surface area contributed by atoms with Crippen molar-refractivity contribution in [3.63, 3.8) is 0 Å². The summed E-state index contributed by atoms with van der Waals surface area (Å²) in [6, 6.07) is 12.3. The first-order chi connectivity index (χ1) is 19.5. The molecule has 0 atom stereocenters. The number of esters is 3. The Bertz CT molecular complexity index is 1490. The second kappa shape index (κ2) is 13.7. The number of benzene rings is 3. The van der Waals surface area contributed by atoms with Crippen molar-refractivity contribution in [2.75, 3.05) is 13.2 Å². The average Bonchev–Trinajstić information content (AvgIpc) is 2.93. The topological polar surface area (TPSA) is 97.4 Å². The van der Waals surface area contributed by atoms with E-state index < -0.39 is 35.3 Å². The maximum absolute atomic E-state index is 14.9. The molecule has 0 bridgehead atoms. The van der Waals surface area contributed by atoms with Crippen LogP contribution in [0.4, 0.5) is 8.78 Å². The summed E-state index contributed by atoms with van der Waals surface area (Å²) in [7, 11) is 0. The van der Waals surface area contributed by atoms with Crippen molar-refractivity contribution < 1.29 is 46.8 Å². The summed E-state index contributed by atoms with van der Waals surface area (Å²) in [6.07, 6.45) is 1.03. The number of halogens is 2. The minimum Gasteiger partial charge on any atom is -0.490 e. The van der Waals surface area contributed by atoms with E-state index in [4.69, 9.17) is 23.7 Å². The van der Waals surface area contributed by atoms with Gasteiger partial charge >= 0.3 is 17.9 Å². The molecule has 3 rings (SSSR count). The van der Waals surface area contributed by atoms with E-state index in [2.05, 4.69) is 19.7 Å². The van der Waals surface area contributed by atoms with Gasteiger partial charge in [-0.1, -0.05) is 25.8 Å². The summed E-state index contributed by atoms with van der Waals surface area (Å²) < 4.78 is 55.9. The van der Waals surface area contributed by atoms with Gasteiger partial charge in [0.2, 0.25) is 0 Å². The van der Waals surface area contributed by atoms with Crippen LogP contribution in [0.15, 0.2) is 91.6 Å². The predicted octanol–water partition coefficient (Wildman–Crippen LogP) is 6.14. The highest BCUT2D eigenvalue weighted by molar-refractivity contribution is 5.91. The highest BCUT2D eigenvalue weighted by atomic mass is 19.1. The van der Waals surface area contributed by atoms with E-state index >= 15 is 0 Å². The second-order valence-electron chi connectivity index (χ2n) is 8.56. The maximum Gasteiger partial charge on any atom is 0.338 e. The van der Waals surface area contributed by atoms with Crippen molar-refractivity contribution in [3.8, 4) is 39.9 Å². The van der Waals surface area contributed by atoms with Crippen LogP contribution in [0.5, 0.6) is 28.7 Å². The van der Waals surface area contributed by atoms with Crippen LogP contribution in [0, 0.1) is 11.6 Å². The van der Waals surface area contributed by atoms with Gasteiger partial charge < -0.3 is 23.7 Å². The highest BCUT2D eigenvalue weighted by Crippen LogP contribution is 2.36. The minimum absolute atomic E-state index is 0.0335. The number of rotatable bonds is 12. The molecule has 10 heteroatoms. The van der Waals surface area contributed by atoms with Crippen LogP contribution in [0.1, 0.15) is 13.8 Å². The van der Waals surface area contributed by atoms with Crippen molar-refractivity contribution >= 4 is 17.9 Å². The fourth-order valence-corrected chi connectivity index (χ4v) is 3.16. The van der Waals surface area contributed by atoms with Crippen LogP contribution in [-0.2, 0) is 14.4 Å². The van der Waals surface area contributed by atoms with Crippen LogP contribution in [0.2, 0.25) is 0 Å². The molecule has 3 aromatic rings. The van der Waals surface area contributed by atoms with E-state index in [1.54, 1.807) is 12.1 Å². The third-order valence-corrected chi connectivity index (χ3v) is 5.18. The Morgan fingerprint density at radius 2 is 1.24 bits per heavy atom. The van der Waals surface area contributed by atoms with Crippen LogP contribution in [0.25, 0.3) is 11.1 Å². The molecule has 0 aliphatic carbocycles. The van der Waals surface area contributed by atoms with E-state index in [0.717, 1.165) is 18.2 Å². The zero-order valence-electron chi connectivity index (χ0n) is 22.3. The molecular formula is C31H26F2O8. The van der Waals surface area contributed by atoms with Gasteiger partial charge in [0.15, 0.2) is 28.9 Å². The molecule has 0 saturated heterocycles. The molecule has 41 heavy (non-hydrogen) atoms. The number of hydrogen-bond acceptors (Lipinski definition) is 8. The second-order valence-corrected chi connectivity index (χ2v) is 8.56. The Morgan fingerprint density at radius 1 is 0.707 bits per heavy atom. The van der Waals surface area contributed by atoms with Crippen LogP contribution in [0.3, 0.4) is 0 Å². The minimum atomic E-state index is -0.980. The smallest absolute Gasteiger partial charge is 0.338 e. The molecule has 0 radical (unpaired) electrons. The lowest BCUT2D eigenvalue weighted by molar-refractivity contribution is -0.132. The molecule has 8 nitrogen and oxygen atoms in total. The molecule has 0 heterocycles. The Morgan fingerprint density at radius 3 is 1.80 bits per heavy atom. The number of hydrogen-bond donors (Lipinski definition) is 0. The summed E-state index contributed by atoms with van der Waals surface area (Å²) in [5.74, 6) is -4.24. The first-order valence-corrected chi connectivity index (χ1v) is 12.1. The van der Waals surface area contributed by atoms with Crippen molar-refractivity contribution in [2.24, 2.45) is 0 Å². The molecule has 0 spiro atoms. The Balaban J connectivity index is 1.71. The van der Waals surface area contributed by atoms with Gasteiger partial charge in [-0.05, 0) is 73.5 Å². The maximum atomic E-state index is 14.9. The molecular weight excluding hydrogens is 538 g/mol. The summed E-state index contributed by atoms with van der Waals surface area (Å²) >= 11 is 0. The number of carbonyl (C=O) groups is 3. The summed E-state index contributed by atoms with van der Waals surface area (Å²) in [5, 5.41) is 0. The van der Waals surface area contributed by atoms with Gasteiger partial charge in [0, 0.05) is 17.2 Å². The molecule has 3 aromatic carbocycles. The molecule has 0 saturated carbocycles. The van der Waals surface area contributed by atoms with Crippen LogP contribution < -0.4 is 23.7 Å². The molecule has 0 N–H and O–H groups in total. The van der Waals surface area contributed by atoms with Crippen LogP contribution >= 0.6 is 0 Å². The number of ether oxygens (including phenoxy) is 5. The van der Waals surface area contributed by atoms with E-state index in [1.807, 2.05) is 0 Å². The van der Waals surface area contributed by atoms with Crippen LogP contribution in [-0.4, -0.2) is 31.1 Å². The molecule has 0 unspecified atom stereocenters. The van der Waals surface area contributed by atoms with E-state index in [9.17, 15) is 23.2 Å².